The highest BCUT2D eigenvalue weighted by atomic mass is 32.1. The molecule has 1 aliphatic carbocycles. The van der Waals surface area contributed by atoms with Crippen molar-refractivity contribution in [3.05, 3.63) is 46.2 Å². The third-order valence-corrected chi connectivity index (χ3v) is 6.85. The number of benzene rings is 1. The van der Waals surface area contributed by atoms with Gasteiger partial charge in [0.1, 0.15) is 0 Å². The van der Waals surface area contributed by atoms with Gasteiger partial charge in [-0.3, -0.25) is 9.69 Å². The fourth-order valence-corrected chi connectivity index (χ4v) is 5.09. The number of para-hydroxylation sites is 2. The fraction of sp³-hybridized carbons (Fsp3) is 0.476. The molecular formula is C21H25N3OS. The lowest BCUT2D eigenvalue weighted by Crippen LogP contribution is -2.48. The van der Waals surface area contributed by atoms with Gasteiger partial charge in [0.15, 0.2) is 0 Å². The second kappa shape index (κ2) is 6.71. The molecule has 1 amide bonds. The van der Waals surface area contributed by atoms with Crippen LogP contribution in [0.3, 0.4) is 0 Å². The van der Waals surface area contributed by atoms with Crippen LogP contribution in [0.5, 0.6) is 0 Å². The van der Waals surface area contributed by atoms with Gasteiger partial charge in [-0.25, -0.2) is 0 Å². The summed E-state index contributed by atoms with van der Waals surface area (Å²) in [6.45, 7) is 5.32. The van der Waals surface area contributed by atoms with E-state index in [2.05, 4.69) is 45.5 Å². The molecule has 0 saturated heterocycles. The van der Waals surface area contributed by atoms with Crippen LogP contribution in [0, 0.1) is 5.92 Å². The van der Waals surface area contributed by atoms with E-state index in [-0.39, 0.29) is 5.91 Å². The standard InChI is InChI=1S/C21H25N3OS/c25-21(15-22-9-7-20-17(14-22)8-12-26-20)24-11-10-23(13-16-5-6-16)18-3-1-2-4-19(18)24/h1-4,8,12,16H,5-7,9-11,13-15H2. The Morgan fingerprint density at radius 3 is 2.77 bits per heavy atom. The van der Waals surface area contributed by atoms with E-state index < -0.39 is 0 Å². The van der Waals surface area contributed by atoms with E-state index in [1.807, 2.05) is 16.2 Å². The maximum Gasteiger partial charge on any atom is 0.241 e. The van der Waals surface area contributed by atoms with Crippen molar-refractivity contribution in [2.24, 2.45) is 5.92 Å². The third-order valence-electron chi connectivity index (χ3n) is 5.83. The summed E-state index contributed by atoms with van der Waals surface area (Å²) in [6.07, 6.45) is 3.80. The second-order valence-corrected chi connectivity index (χ2v) is 8.75. The monoisotopic (exact) mass is 367 g/mol. The van der Waals surface area contributed by atoms with Gasteiger partial charge in [0.2, 0.25) is 5.91 Å². The lowest BCUT2D eigenvalue weighted by molar-refractivity contribution is -0.120. The highest BCUT2D eigenvalue weighted by molar-refractivity contribution is 7.10. The highest BCUT2D eigenvalue weighted by Crippen LogP contribution is 2.37. The summed E-state index contributed by atoms with van der Waals surface area (Å²) in [6, 6.07) is 10.6. The topological polar surface area (TPSA) is 26.8 Å². The summed E-state index contributed by atoms with van der Waals surface area (Å²) in [7, 11) is 0. The predicted octanol–water partition coefficient (Wildman–Crippen LogP) is 3.37. The van der Waals surface area contributed by atoms with Crippen molar-refractivity contribution in [3.8, 4) is 0 Å². The maximum atomic E-state index is 13.1. The molecule has 0 bridgehead atoms. The van der Waals surface area contributed by atoms with Crippen molar-refractivity contribution in [2.45, 2.75) is 25.8 Å². The van der Waals surface area contributed by atoms with Crippen LogP contribution in [-0.4, -0.2) is 43.5 Å². The van der Waals surface area contributed by atoms with Gasteiger partial charge in [-0.05, 0) is 54.3 Å². The minimum absolute atomic E-state index is 0.238. The minimum atomic E-state index is 0.238. The number of hydrogen-bond acceptors (Lipinski definition) is 4. The molecule has 5 rings (SSSR count). The molecule has 1 fully saturated rings. The van der Waals surface area contributed by atoms with Crippen LogP contribution in [0.25, 0.3) is 0 Å². The lowest BCUT2D eigenvalue weighted by atomic mass is 10.1. The van der Waals surface area contributed by atoms with Crippen molar-refractivity contribution < 1.29 is 4.79 Å². The van der Waals surface area contributed by atoms with Crippen molar-refractivity contribution in [1.29, 1.82) is 0 Å². The Bertz CT molecular complexity index is 813. The van der Waals surface area contributed by atoms with E-state index in [1.165, 1.54) is 29.0 Å². The number of fused-ring (bicyclic) bond motifs is 2. The zero-order valence-corrected chi connectivity index (χ0v) is 15.9. The molecule has 26 heavy (non-hydrogen) atoms. The molecule has 0 unspecified atom stereocenters. The number of rotatable bonds is 4. The van der Waals surface area contributed by atoms with E-state index in [0.717, 1.165) is 50.7 Å². The third kappa shape index (κ3) is 3.14. The van der Waals surface area contributed by atoms with E-state index in [4.69, 9.17) is 0 Å². The summed E-state index contributed by atoms with van der Waals surface area (Å²) in [5.41, 5.74) is 3.74. The Morgan fingerprint density at radius 1 is 1.08 bits per heavy atom. The van der Waals surface area contributed by atoms with Crippen molar-refractivity contribution in [1.82, 2.24) is 4.90 Å². The number of carbonyl (C=O) groups is 1. The normalized spacial score (nSPS) is 20.0. The van der Waals surface area contributed by atoms with E-state index in [1.54, 1.807) is 0 Å². The number of hydrogen-bond donors (Lipinski definition) is 0. The molecular weight excluding hydrogens is 342 g/mol. The Morgan fingerprint density at radius 2 is 1.92 bits per heavy atom. The van der Waals surface area contributed by atoms with E-state index in [9.17, 15) is 4.79 Å². The average Bonchev–Trinajstić information content (AvgIpc) is 3.36. The van der Waals surface area contributed by atoms with Crippen LogP contribution in [0.4, 0.5) is 11.4 Å². The molecule has 0 spiro atoms. The first kappa shape index (κ1) is 16.3. The first-order valence-electron chi connectivity index (χ1n) is 9.70. The zero-order chi connectivity index (χ0) is 17.5. The molecule has 0 radical (unpaired) electrons. The van der Waals surface area contributed by atoms with Crippen LogP contribution in [-0.2, 0) is 17.8 Å². The molecule has 2 aromatic rings. The SMILES string of the molecule is O=C(CN1CCc2sccc2C1)N1CCN(CC2CC2)c2ccccc21. The van der Waals surface area contributed by atoms with Gasteiger partial charge >= 0.3 is 0 Å². The molecule has 2 aliphatic heterocycles. The summed E-state index contributed by atoms with van der Waals surface area (Å²) >= 11 is 1.85. The first-order chi connectivity index (χ1) is 12.8. The van der Waals surface area contributed by atoms with Crippen molar-refractivity contribution >= 4 is 28.6 Å². The van der Waals surface area contributed by atoms with Crippen LogP contribution in [0.2, 0.25) is 0 Å². The molecule has 5 heteroatoms. The van der Waals surface area contributed by atoms with Gasteiger partial charge in [-0.1, -0.05) is 12.1 Å². The summed E-state index contributed by atoms with van der Waals surface area (Å²) in [4.78, 5) is 21.4. The minimum Gasteiger partial charge on any atom is -0.368 e. The van der Waals surface area contributed by atoms with Gasteiger partial charge in [0, 0.05) is 37.6 Å². The molecule has 3 aliphatic rings. The number of thiophene rings is 1. The Hall–Kier alpha value is -1.85. The Kier molecular flexibility index (Phi) is 4.21. The molecule has 0 N–H and O–H groups in total. The molecule has 1 aromatic carbocycles. The Labute approximate surface area is 159 Å². The Balaban J connectivity index is 1.30. The lowest BCUT2D eigenvalue weighted by Gasteiger charge is -2.39. The second-order valence-electron chi connectivity index (χ2n) is 7.75. The smallest absolute Gasteiger partial charge is 0.241 e. The molecule has 0 atom stereocenters. The van der Waals surface area contributed by atoms with Gasteiger partial charge in [-0.2, -0.15) is 0 Å². The maximum absolute atomic E-state index is 13.1. The van der Waals surface area contributed by atoms with Gasteiger partial charge in [-0.15, -0.1) is 11.3 Å². The van der Waals surface area contributed by atoms with Crippen molar-refractivity contribution in [2.75, 3.05) is 42.5 Å². The van der Waals surface area contributed by atoms with E-state index >= 15 is 0 Å². The number of carbonyl (C=O) groups excluding carboxylic acids is 1. The molecule has 1 aromatic heterocycles. The number of nitrogens with zero attached hydrogens (tertiary/aromatic N) is 3. The largest absolute Gasteiger partial charge is 0.368 e. The molecule has 136 valence electrons. The van der Waals surface area contributed by atoms with Crippen LogP contribution in [0.15, 0.2) is 35.7 Å². The van der Waals surface area contributed by atoms with Gasteiger partial charge in [0.05, 0.1) is 17.9 Å². The molecule has 1 saturated carbocycles. The van der Waals surface area contributed by atoms with Crippen LogP contribution < -0.4 is 9.80 Å². The molecule has 3 heterocycles. The van der Waals surface area contributed by atoms with Crippen LogP contribution in [0.1, 0.15) is 23.3 Å². The van der Waals surface area contributed by atoms with E-state index in [0.29, 0.717) is 6.54 Å². The molecule has 4 nitrogen and oxygen atoms in total. The zero-order valence-electron chi connectivity index (χ0n) is 15.1. The predicted molar refractivity (Wildman–Crippen MR) is 107 cm³/mol. The van der Waals surface area contributed by atoms with Gasteiger partial charge in [0.25, 0.3) is 0 Å². The first-order valence-corrected chi connectivity index (χ1v) is 10.6. The fourth-order valence-electron chi connectivity index (χ4n) is 4.20. The average molecular weight is 368 g/mol. The summed E-state index contributed by atoms with van der Waals surface area (Å²) < 4.78 is 0. The highest BCUT2D eigenvalue weighted by Gasteiger charge is 2.31. The summed E-state index contributed by atoms with van der Waals surface area (Å²) in [5, 5.41) is 2.17. The quantitative estimate of drug-likeness (QED) is 0.829. The van der Waals surface area contributed by atoms with Crippen molar-refractivity contribution in [3.63, 3.8) is 0 Å². The summed E-state index contributed by atoms with van der Waals surface area (Å²) in [5.74, 6) is 1.10. The van der Waals surface area contributed by atoms with Crippen LogP contribution >= 0.6 is 11.3 Å². The van der Waals surface area contributed by atoms with Gasteiger partial charge < -0.3 is 9.80 Å². The number of anilines is 2. The number of amides is 1.